The van der Waals surface area contributed by atoms with Crippen molar-refractivity contribution in [2.45, 2.75) is 38.0 Å². The zero-order valence-electron chi connectivity index (χ0n) is 15.7. The molecule has 0 saturated heterocycles. The van der Waals surface area contributed by atoms with Gasteiger partial charge in [-0.25, -0.2) is 0 Å². The lowest BCUT2D eigenvalue weighted by Crippen LogP contribution is -2.04. The third-order valence-corrected chi connectivity index (χ3v) is 7.80. The summed E-state index contributed by atoms with van der Waals surface area (Å²) in [5, 5.41) is 5.56. The minimum Gasteiger partial charge on any atom is -0.342 e. The van der Waals surface area contributed by atoms with Gasteiger partial charge < -0.3 is 4.57 Å². The molecule has 27 heavy (non-hydrogen) atoms. The molecule has 1 aliphatic rings. The van der Waals surface area contributed by atoms with Gasteiger partial charge in [-0.15, -0.1) is 11.3 Å². The normalized spacial score (nSPS) is 16.2. The minimum atomic E-state index is 0.755. The van der Waals surface area contributed by atoms with E-state index in [4.69, 9.17) is 0 Å². The number of benzene rings is 3. The zero-order chi connectivity index (χ0) is 18.0. The topological polar surface area (TPSA) is 4.93 Å². The van der Waals surface area contributed by atoms with Crippen LogP contribution < -0.4 is 0 Å². The molecule has 1 aliphatic carbocycles. The fourth-order valence-corrected chi connectivity index (χ4v) is 6.48. The minimum absolute atomic E-state index is 0.755. The Morgan fingerprint density at radius 1 is 0.815 bits per heavy atom. The Bertz CT molecular complexity index is 1310. The summed E-state index contributed by atoms with van der Waals surface area (Å²) in [6.07, 6.45) is 6.91. The molecule has 0 bridgehead atoms. The maximum atomic E-state index is 2.48. The maximum Gasteiger partial charge on any atom is 0.0670 e. The highest BCUT2D eigenvalue weighted by atomic mass is 32.1. The number of hydrogen-bond acceptors (Lipinski definition) is 1. The molecule has 2 aromatic heterocycles. The van der Waals surface area contributed by atoms with Gasteiger partial charge >= 0.3 is 0 Å². The van der Waals surface area contributed by atoms with Crippen LogP contribution in [0.4, 0.5) is 0 Å². The first kappa shape index (κ1) is 15.7. The van der Waals surface area contributed by atoms with Crippen molar-refractivity contribution in [2.75, 3.05) is 0 Å². The molecule has 134 valence electrons. The summed E-state index contributed by atoms with van der Waals surface area (Å²) in [5.74, 6) is 0.755. The first-order valence-electron chi connectivity index (χ1n) is 10.1. The summed E-state index contributed by atoms with van der Waals surface area (Å²) in [7, 11) is 2.25. The van der Waals surface area contributed by atoms with Gasteiger partial charge in [-0.05, 0) is 36.5 Å². The second-order valence-electron chi connectivity index (χ2n) is 8.11. The van der Waals surface area contributed by atoms with Crippen LogP contribution in [0.3, 0.4) is 0 Å². The monoisotopic (exact) mass is 369 g/mol. The van der Waals surface area contributed by atoms with Gasteiger partial charge in [0.1, 0.15) is 0 Å². The van der Waals surface area contributed by atoms with E-state index in [0.717, 1.165) is 5.92 Å². The lowest BCUT2D eigenvalue weighted by molar-refractivity contribution is 0.444. The Hall–Kier alpha value is -2.32. The van der Waals surface area contributed by atoms with Gasteiger partial charge in [-0.2, -0.15) is 0 Å². The van der Waals surface area contributed by atoms with Crippen molar-refractivity contribution in [3.63, 3.8) is 0 Å². The van der Waals surface area contributed by atoms with E-state index in [1.54, 1.807) is 5.56 Å². The Balaban J connectivity index is 1.66. The zero-order valence-corrected chi connectivity index (χ0v) is 16.5. The Kier molecular flexibility index (Phi) is 3.40. The van der Waals surface area contributed by atoms with Gasteiger partial charge in [0.2, 0.25) is 0 Å². The highest BCUT2D eigenvalue weighted by Crippen LogP contribution is 2.42. The number of nitrogens with zero attached hydrogens (tertiary/aromatic N) is 1. The van der Waals surface area contributed by atoms with E-state index in [1.807, 2.05) is 11.3 Å². The van der Waals surface area contributed by atoms with Crippen LogP contribution in [0.25, 0.3) is 42.0 Å². The van der Waals surface area contributed by atoms with Crippen LogP contribution >= 0.6 is 11.3 Å². The Labute approximate surface area is 163 Å². The summed E-state index contributed by atoms with van der Waals surface area (Å²) in [6, 6.07) is 20.7. The van der Waals surface area contributed by atoms with Crippen LogP contribution in [-0.2, 0) is 7.05 Å². The largest absolute Gasteiger partial charge is 0.342 e. The molecule has 1 fully saturated rings. The number of hydrogen-bond donors (Lipinski definition) is 0. The standard InChI is InChI=1S/C25H23NS/c1-26-22-15-17(16-7-3-2-4-8-16)11-12-18(22)20-13-14-21-19-9-5-6-10-23(19)27-25(21)24(20)26/h5-6,9-16H,2-4,7-8H2,1H3. The summed E-state index contributed by atoms with van der Waals surface area (Å²) < 4.78 is 5.24. The van der Waals surface area contributed by atoms with Gasteiger partial charge in [-0.1, -0.05) is 61.7 Å². The molecular weight excluding hydrogens is 346 g/mol. The fraction of sp³-hybridized carbons (Fsp3) is 0.280. The smallest absolute Gasteiger partial charge is 0.0670 e. The van der Waals surface area contributed by atoms with Gasteiger partial charge in [0.15, 0.2) is 0 Å². The van der Waals surface area contributed by atoms with Crippen molar-refractivity contribution in [1.82, 2.24) is 4.57 Å². The van der Waals surface area contributed by atoms with Crippen molar-refractivity contribution in [1.29, 1.82) is 0 Å². The average Bonchev–Trinajstić information content (AvgIpc) is 3.24. The number of rotatable bonds is 1. The molecule has 0 aliphatic heterocycles. The number of fused-ring (bicyclic) bond motifs is 7. The molecule has 2 heteroatoms. The van der Waals surface area contributed by atoms with Gasteiger partial charge in [0.05, 0.1) is 10.2 Å². The second kappa shape index (κ2) is 5.84. The van der Waals surface area contributed by atoms with Crippen molar-refractivity contribution in [3.8, 4) is 0 Å². The summed E-state index contributed by atoms with van der Waals surface area (Å²) >= 11 is 1.93. The second-order valence-corrected chi connectivity index (χ2v) is 9.16. The van der Waals surface area contributed by atoms with E-state index in [9.17, 15) is 0 Å². The van der Waals surface area contributed by atoms with E-state index >= 15 is 0 Å². The maximum absolute atomic E-state index is 2.48. The molecule has 0 unspecified atom stereocenters. The number of aryl methyl sites for hydroxylation is 1. The van der Waals surface area contributed by atoms with Crippen LogP contribution in [0.5, 0.6) is 0 Å². The van der Waals surface area contributed by atoms with Crippen molar-refractivity contribution in [2.24, 2.45) is 7.05 Å². The van der Waals surface area contributed by atoms with Crippen LogP contribution in [0, 0.1) is 0 Å². The lowest BCUT2D eigenvalue weighted by atomic mass is 9.84. The highest BCUT2D eigenvalue weighted by Gasteiger charge is 2.19. The van der Waals surface area contributed by atoms with Crippen LogP contribution in [0.1, 0.15) is 43.6 Å². The lowest BCUT2D eigenvalue weighted by Gasteiger charge is -2.22. The average molecular weight is 370 g/mol. The van der Waals surface area contributed by atoms with E-state index in [2.05, 4.69) is 66.2 Å². The molecule has 5 aromatic rings. The predicted octanol–water partition coefficient (Wildman–Crippen LogP) is 7.75. The number of aromatic nitrogens is 1. The van der Waals surface area contributed by atoms with E-state index in [-0.39, 0.29) is 0 Å². The molecule has 2 heterocycles. The van der Waals surface area contributed by atoms with Gasteiger partial charge in [-0.3, -0.25) is 0 Å². The third-order valence-electron chi connectivity index (χ3n) is 6.61. The van der Waals surface area contributed by atoms with Crippen molar-refractivity contribution >= 4 is 53.3 Å². The predicted molar refractivity (Wildman–Crippen MR) is 119 cm³/mol. The molecule has 0 atom stereocenters. The highest BCUT2D eigenvalue weighted by molar-refractivity contribution is 7.26. The Morgan fingerprint density at radius 2 is 1.59 bits per heavy atom. The molecule has 0 radical (unpaired) electrons. The van der Waals surface area contributed by atoms with E-state index in [1.165, 1.54) is 74.1 Å². The van der Waals surface area contributed by atoms with Crippen LogP contribution in [-0.4, -0.2) is 4.57 Å². The molecule has 1 nitrogen and oxygen atoms in total. The molecule has 1 saturated carbocycles. The first-order valence-corrected chi connectivity index (χ1v) is 11.0. The van der Waals surface area contributed by atoms with Gasteiger partial charge in [0.25, 0.3) is 0 Å². The van der Waals surface area contributed by atoms with Crippen LogP contribution in [0.2, 0.25) is 0 Å². The molecule has 6 rings (SSSR count). The molecule has 0 N–H and O–H groups in total. The molecular formula is C25H23NS. The molecule has 3 aromatic carbocycles. The first-order chi connectivity index (χ1) is 13.3. The Morgan fingerprint density at radius 3 is 2.48 bits per heavy atom. The van der Waals surface area contributed by atoms with E-state index in [0.29, 0.717) is 0 Å². The quantitative estimate of drug-likeness (QED) is 0.285. The molecule has 0 spiro atoms. The summed E-state index contributed by atoms with van der Waals surface area (Å²) in [6.45, 7) is 0. The van der Waals surface area contributed by atoms with Crippen LogP contribution in [0.15, 0.2) is 54.6 Å². The van der Waals surface area contributed by atoms with Crippen molar-refractivity contribution < 1.29 is 0 Å². The summed E-state index contributed by atoms with van der Waals surface area (Å²) in [4.78, 5) is 0. The molecule has 0 amide bonds. The van der Waals surface area contributed by atoms with E-state index < -0.39 is 0 Å². The third kappa shape index (κ3) is 2.23. The fourth-order valence-electron chi connectivity index (χ4n) is 5.19. The van der Waals surface area contributed by atoms with Gasteiger partial charge in [0, 0.05) is 38.8 Å². The van der Waals surface area contributed by atoms with Crippen molar-refractivity contribution in [3.05, 3.63) is 60.2 Å². The number of thiophene rings is 1. The SMILES string of the molecule is Cn1c2cc(C3CCCCC3)ccc2c2ccc3c4ccccc4sc3c21. The summed E-state index contributed by atoms with van der Waals surface area (Å²) in [5.41, 5.74) is 4.32.